The zero-order chi connectivity index (χ0) is 20.5. The van der Waals surface area contributed by atoms with E-state index in [9.17, 15) is 13.2 Å². The maximum absolute atomic E-state index is 12.9. The lowest BCUT2D eigenvalue weighted by Crippen LogP contribution is -2.23. The molecule has 0 amide bonds. The summed E-state index contributed by atoms with van der Waals surface area (Å²) in [5.74, 6) is 0.629. The van der Waals surface area contributed by atoms with Crippen molar-refractivity contribution >= 4 is 0 Å². The van der Waals surface area contributed by atoms with Gasteiger partial charge in [0.05, 0.1) is 7.11 Å². The Morgan fingerprint density at radius 3 is 2.00 bits per heavy atom. The fraction of sp³-hybridized carbons (Fsp3) is 0.455. The van der Waals surface area contributed by atoms with Crippen molar-refractivity contribution in [2.24, 2.45) is 0 Å². The summed E-state index contributed by atoms with van der Waals surface area (Å²) in [5.41, 5.74) is 1.52. The molecule has 27 heavy (non-hydrogen) atoms. The van der Waals surface area contributed by atoms with E-state index in [1.165, 1.54) is 6.07 Å². The van der Waals surface area contributed by atoms with Crippen LogP contribution in [0.1, 0.15) is 51.3 Å². The first kappa shape index (κ1) is 21.1. The van der Waals surface area contributed by atoms with Crippen LogP contribution in [0.4, 0.5) is 13.2 Å². The molecular weight excluding hydrogens is 353 g/mol. The number of rotatable bonds is 5. The number of hydrogen-bond donors (Lipinski definition) is 0. The summed E-state index contributed by atoms with van der Waals surface area (Å²) in [7, 11) is 1.61. The highest BCUT2D eigenvalue weighted by Gasteiger charge is 2.34. The molecule has 0 fully saturated rings. The van der Waals surface area contributed by atoms with E-state index in [0.29, 0.717) is 12.0 Å². The van der Waals surface area contributed by atoms with Crippen LogP contribution in [0.3, 0.4) is 0 Å². The minimum absolute atomic E-state index is 0.136. The van der Waals surface area contributed by atoms with Crippen LogP contribution in [0.2, 0.25) is 0 Å². The number of benzene rings is 2. The summed E-state index contributed by atoms with van der Waals surface area (Å²) in [4.78, 5) is 0. The molecule has 0 aliphatic heterocycles. The molecule has 0 saturated carbocycles. The van der Waals surface area contributed by atoms with Crippen molar-refractivity contribution in [3.05, 3.63) is 59.2 Å². The fourth-order valence-corrected chi connectivity index (χ4v) is 3.31. The third-order valence-electron chi connectivity index (χ3n) is 4.56. The molecule has 2 nitrogen and oxygen atoms in total. The summed E-state index contributed by atoms with van der Waals surface area (Å²) in [6.07, 6.45) is -4.18. The Balaban J connectivity index is 2.42. The van der Waals surface area contributed by atoms with E-state index in [1.807, 2.05) is 65.0 Å². The van der Waals surface area contributed by atoms with Crippen molar-refractivity contribution in [3.63, 3.8) is 0 Å². The van der Waals surface area contributed by atoms with Gasteiger partial charge in [-0.15, -0.1) is 13.2 Å². The molecule has 0 atom stereocenters. The van der Waals surface area contributed by atoms with Gasteiger partial charge in [-0.05, 0) is 40.5 Å². The maximum Gasteiger partial charge on any atom is 0.573 e. The summed E-state index contributed by atoms with van der Waals surface area (Å²) < 4.78 is 48.5. The van der Waals surface area contributed by atoms with E-state index >= 15 is 0 Å². The maximum atomic E-state index is 12.9. The fourth-order valence-electron chi connectivity index (χ4n) is 3.31. The van der Waals surface area contributed by atoms with Gasteiger partial charge < -0.3 is 9.47 Å². The SMILES string of the molecule is COc1ccccc1C(C)(C)Cc1ccc(C(C)(C)C)c(OC(F)(F)F)c1. The summed E-state index contributed by atoms with van der Waals surface area (Å²) in [5, 5.41) is 0. The van der Waals surface area contributed by atoms with Gasteiger partial charge in [-0.3, -0.25) is 0 Å². The zero-order valence-corrected chi connectivity index (χ0v) is 16.7. The minimum Gasteiger partial charge on any atom is -0.496 e. The molecule has 0 aromatic heterocycles. The van der Waals surface area contributed by atoms with Gasteiger partial charge in [0.25, 0.3) is 0 Å². The standard InChI is InChI=1S/C22H27F3O2/c1-20(2,3)16-12-11-15(13-19(16)27-22(23,24)25)14-21(4,5)17-9-7-8-10-18(17)26-6/h7-13H,14H2,1-6H3. The molecule has 0 aliphatic rings. The number of methoxy groups -OCH3 is 1. The molecule has 2 rings (SSSR count). The summed E-state index contributed by atoms with van der Waals surface area (Å²) in [6.45, 7) is 9.69. The van der Waals surface area contributed by atoms with Gasteiger partial charge in [0, 0.05) is 5.56 Å². The van der Waals surface area contributed by atoms with Gasteiger partial charge in [-0.1, -0.05) is 65.0 Å². The molecule has 0 radical (unpaired) electrons. The Hall–Kier alpha value is -2.17. The lowest BCUT2D eigenvalue weighted by atomic mass is 9.78. The van der Waals surface area contributed by atoms with Gasteiger partial charge in [0.1, 0.15) is 11.5 Å². The van der Waals surface area contributed by atoms with Crippen LogP contribution in [0.15, 0.2) is 42.5 Å². The number of halogens is 3. The number of hydrogen-bond acceptors (Lipinski definition) is 2. The van der Waals surface area contributed by atoms with Crippen LogP contribution in [-0.4, -0.2) is 13.5 Å². The summed E-state index contributed by atoms with van der Waals surface area (Å²) in [6, 6.07) is 12.8. The first-order valence-corrected chi connectivity index (χ1v) is 8.86. The Bertz CT molecular complexity index is 787. The van der Waals surface area contributed by atoms with E-state index in [1.54, 1.807) is 13.2 Å². The minimum atomic E-state index is -4.73. The van der Waals surface area contributed by atoms with Gasteiger partial charge in [0.15, 0.2) is 0 Å². The molecule has 0 aliphatic carbocycles. The third-order valence-corrected chi connectivity index (χ3v) is 4.56. The number of alkyl halides is 3. The van der Waals surface area contributed by atoms with Crippen LogP contribution in [0.25, 0.3) is 0 Å². The van der Waals surface area contributed by atoms with Crippen LogP contribution in [0.5, 0.6) is 11.5 Å². The monoisotopic (exact) mass is 380 g/mol. The van der Waals surface area contributed by atoms with Crippen molar-refractivity contribution in [3.8, 4) is 11.5 Å². The van der Waals surface area contributed by atoms with Gasteiger partial charge in [0.2, 0.25) is 0 Å². The number of para-hydroxylation sites is 1. The van der Waals surface area contributed by atoms with Gasteiger partial charge in [-0.2, -0.15) is 0 Å². The Labute approximate surface area is 159 Å². The molecule has 2 aromatic carbocycles. The Morgan fingerprint density at radius 1 is 0.815 bits per heavy atom. The molecule has 0 spiro atoms. The van der Waals surface area contributed by atoms with Crippen molar-refractivity contribution in [2.75, 3.05) is 7.11 Å². The third kappa shape index (κ3) is 5.41. The smallest absolute Gasteiger partial charge is 0.496 e. The van der Waals surface area contributed by atoms with Crippen LogP contribution in [-0.2, 0) is 17.3 Å². The van der Waals surface area contributed by atoms with Crippen molar-refractivity contribution < 1.29 is 22.6 Å². The number of ether oxygens (including phenoxy) is 2. The second kappa shape index (κ2) is 7.45. The highest BCUT2D eigenvalue weighted by Crippen LogP contribution is 2.38. The lowest BCUT2D eigenvalue weighted by molar-refractivity contribution is -0.275. The van der Waals surface area contributed by atoms with Gasteiger partial charge in [-0.25, -0.2) is 0 Å². The molecule has 0 heterocycles. The van der Waals surface area contributed by atoms with E-state index in [2.05, 4.69) is 4.74 Å². The topological polar surface area (TPSA) is 18.5 Å². The Morgan fingerprint density at radius 2 is 1.44 bits per heavy atom. The molecule has 0 N–H and O–H groups in total. The quantitative estimate of drug-likeness (QED) is 0.596. The largest absolute Gasteiger partial charge is 0.573 e. The molecule has 148 valence electrons. The lowest BCUT2D eigenvalue weighted by Gasteiger charge is -2.29. The summed E-state index contributed by atoms with van der Waals surface area (Å²) >= 11 is 0. The van der Waals surface area contributed by atoms with Crippen LogP contribution in [0, 0.1) is 0 Å². The molecule has 0 unspecified atom stereocenters. The highest BCUT2D eigenvalue weighted by molar-refractivity contribution is 5.44. The second-order valence-electron chi connectivity index (χ2n) is 8.39. The van der Waals surface area contributed by atoms with E-state index in [4.69, 9.17) is 4.74 Å². The molecule has 0 saturated heterocycles. The average molecular weight is 380 g/mol. The second-order valence-corrected chi connectivity index (χ2v) is 8.39. The zero-order valence-electron chi connectivity index (χ0n) is 16.7. The van der Waals surface area contributed by atoms with Crippen molar-refractivity contribution in [1.82, 2.24) is 0 Å². The van der Waals surface area contributed by atoms with E-state index in [-0.39, 0.29) is 11.2 Å². The van der Waals surface area contributed by atoms with E-state index < -0.39 is 11.8 Å². The van der Waals surface area contributed by atoms with Crippen LogP contribution < -0.4 is 9.47 Å². The van der Waals surface area contributed by atoms with E-state index in [0.717, 1.165) is 16.9 Å². The normalized spacial score (nSPS) is 12.8. The van der Waals surface area contributed by atoms with Crippen molar-refractivity contribution in [2.45, 2.75) is 58.2 Å². The molecular formula is C22H27F3O2. The first-order chi connectivity index (χ1) is 12.3. The predicted octanol–water partition coefficient (Wildman–Crippen LogP) is 6.41. The highest BCUT2D eigenvalue weighted by atomic mass is 19.4. The molecule has 5 heteroatoms. The van der Waals surface area contributed by atoms with Gasteiger partial charge >= 0.3 is 6.36 Å². The van der Waals surface area contributed by atoms with Crippen molar-refractivity contribution in [1.29, 1.82) is 0 Å². The van der Waals surface area contributed by atoms with Crippen LogP contribution >= 0.6 is 0 Å². The Kier molecular flexibility index (Phi) is 5.83. The molecule has 2 aromatic rings. The molecule has 0 bridgehead atoms. The average Bonchev–Trinajstić information content (AvgIpc) is 2.52. The first-order valence-electron chi connectivity index (χ1n) is 8.86. The predicted molar refractivity (Wildman–Crippen MR) is 102 cm³/mol.